The molecule has 1 aromatic heterocycles. The van der Waals surface area contributed by atoms with Gasteiger partial charge in [0, 0.05) is 25.0 Å². The lowest BCUT2D eigenvalue weighted by atomic mass is 10.1. The number of nitro groups is 1. The minimum Gasteiger partial charge on any atom is -0.393 e. The molecule has 2 rings (SSSR count). The molecule has 0 bridgehead atoms. The summed E-state index contributed by atoms with van der Waals surface area (Å²) in [4.78, 5) is 26.0. The number of carbonyl (C=O) groups excluding carboxylic acids is 1. The quantitative estimate of drug-likeness (QED) is 0.497. The topological polar surface area (TPSA) is 111 Å². The van der Waals surface area contributed by atoms with Gasteiger partial charge in [0.05, 0.1) is 10.5 Å². The summed E-state index contributed by atoms with van der Waals surface area (Å²) in [5.74, 6) is -0.463. The van der Waals surface area contributed by atoms with Crippen LogP contribution >= 0.6 is 0 Å². The third kappa shape index (κ3) is 2.89. The van der Waals surface area contributed by atoms with Gasteiger partial charge in [0.2, 0.25) is 0 Å². The Kier molecular flexibility index (Phi) is 3.90. The van der Waals surface area contributed by atoms with Gasteiger partial charge < -0.3 is 11.1 Å². The molecular formula is C13H12N4O3. The SMILES string of the molecule is Nc1c(C(=O)NCc2cccnc2)cccc1[N+](=O)[O-]. The Labute approximate surface area is 114 Å². The van der Waals surface area contributed by atoms with E-state index in [4.69, 9.17) is 5.73 Å². The Hall–Kier alpha value is -2.96. The fourth-order valence-corrected chi connectivity index (χ4v) is 1.69. The number of anilines is 1. The summed E-state index contributed by atoms with van der Waals surface area (Å²) in [7, 11) is 0. The number of nitro benzene ring substituents is 1. The molecule has 0 fully saturated rings. The number of benzene rings is 1. The predicted molar refractivity (Wildman–Crippen MR) is 72.9 cm³/mol. The number of rotatable bonds is 4. The molecule has 0 atom stereocenters. The summed E-state index contributed by atoms with van der Waals surface area (Å²) >= 11 is 0. The average Bonchev–Trinajstić information content (AvgIpc) is 2.46. The lowest BCUT2D eigenvalue weighted by Gasteiger charge is -2.07. The monoisotopic (exact) mass is 272 g/mol. The summed E-state index contributed by atoms with van der Waals surface area (Å²) < 4.78 is 0. The first kappa shape index (κ1) is 13.5. The zero-order valence-corrected chi connectivity index (χ0v) is 10.4. The van der Waals surface area contributed by atoms with Crippen LogP contribution < -0.4 is 11.1 Å². The van der Waals surface area contributed by atoms with E-state index in [0.717, 1.165) is 5.56 Å². The molecule has 0 saturated carbocycles. The number of nitrogens with one attached hydrogen (secondary N) is 1. The largest absolute Gasteiger partial charge is 0.393 e. The van der Waals surface area contributed by atoms with E-state index in [0.29, 0.717) is 0 Å². The molecule has 20 heavy (non-hydrogen) atoms. The van der Waals surface area contributed by atoms with Crippen molar-refractivity contribution in [2.24, 2.45) is 0 Å². The van der Waals surface area contributed by atoms with Gasteiger partial charge in [-0.05, 0) is 17.7 Å². The highest BCUT2D eigenvalue weighted by Crippen LogP contribution is 2.24. The van der Waals surface area contributed by atoms with Crippen LogP contribution in [0, 0.1) is 10.1 Å². The van der Waals surface area contributed by atoms with Crippen LogP contribution in [0.5, 0.6) is 0 Å². The molecule has 0 saturated heterocycles. The number of pyridine rings is 1. The highest BCUT2D eigenvalue weighted by Gasteiger charge is 2.18. The summed E-state index contributed by atoms with van der Waals surface area (Å²) in [6.07, 6.45) is 3.25. The van der Waals surface area contributed by atoms with Gasteiger partial charge in [-0.3, -0.25) is 19.9 Å². The van der Waals surface area contributed by atoms with Gasteiger partial charge in [-0.1, -0.05) is 12.1 Å². The van der Waals surface area contributed by atoms with Crippen LogP contribution in [0.25, 0.3) is 0 Å². The van der Waals surface area contributed by atoms with Gasteiger partial charge in [-0.2, -0.15) is 0 Å². The van der Waals surface area contributed by atoms with Crippen LogP contribution in [0.3, 0.4) is 0 Å². The molecule has 0 unspecified atom stereocenters. The molecule has 2 aromatic rings. The average molecular weight is 272 g/mol. The molecule has 0 radical (unpaired) electrons. The summed E-state index contributed by atoms with van der Waals surface area (Å²) in [5, 5.41) is 13.4. The molecule has 1 heterocycles. The number of hydrogen-bond acceptors (Lipinski definition) is 5. The number of nitrogens with two attached hydrogens (primary N) is 1. The Morgan fingerprint density at radius 1 is 1.35 bits per heavy atom. The van der Waals surface area contributed by atoms with E-state index in [-0.39, 0.29) is 23.5 Å². The molecule has 0 aliphatic rings. The van der Waals surface area contributed by atoms with Crippen molar-refractivity contribution >= 4 is 17.3 Å². The number of nitrogen functional groups attached to an aromatic ring is 1. The van der Waals surface area contributed by atoms with Crippen molar-refractivity contribution in [3.63, 3.8) is 0 Å². The van der Waals surface area contributed by atoms with Crippen molar-refractivity contribution in [2.45, 2.75) is 6.54 Å². The fraction of sp³-hybridized carbons (Fsp3) is 0.0769. The number of aromatic nitrogens is 1. The van der Waals surface area contributed by atoms with Crippen molar-refractivity contribution in [3.8, 4) is 0 Å². The van der Waals surface area contributed by atoms with Gasteiger partial charge in [0.1, 0.15) is 5.69 Å². The van der Waals surface area contributed by atoms with E-state index in [9.17, 15) is 14.9 Å². The second kappa shape index (κ2) is 5.79. The molecule has 0 aliphatic heterocycles. The molecule has 102 valence electrons. The molecule has 7 nitrogen and oxygen atoms in total. The lowest BCUT2D eigenvalue weighted by molar-refractivity contribution is -0.383. The molecule has 0 spiro atoms. The van der Waals surface area contributed by atoms with E-state index in [1.807, 2.05) is 6.07 Å². The van der Waals surface area contributed by atoms with Gasteiger partial charge in [0.25, 0.3) is 11.6 Å². The molecule has 3 N–H and O–H groups in total. The van der Waals surface area contributed by atoms with Gasteiger partial charge in [-0.25, -0.2) is 0 Å². The first-order valence-corrected chi connectivity index (χ1v) is 5.79. The maximum atomic E-state index is 12.0. The van der Waals surface area contributed by atoms with Gasteiger partial charge in [0.15, 0.2) is 0 Å². The molecule has 7 heteroatoms. The Morgan fingerprint density at radius 2 is 2.15 bits per heavy atom. The van der Waals surface area contributed by atoms with E-state index >= 15 is 0 Å². The van der Waals surface area contributed by atoms with Gasteiger partial charge >= 0.3 is 0 Å². The zero-order valence-electron chi connectivity index (χ0n) is 10.4. The fourth-order valence-electron chi connectivity index (χ4n) is 1.69. The van der Waals surface area contributed by atoms with Crippen molar-refractivity contribution < 1.29 is 9.72 Å². The molecule has 1 amide bonds. The summed E-state index contributed by atoms with van der Waals surface area (Å²) in [6.45, 7) is 0.273. The molecule has 0 aliphatic carbocycles. The third-order valence-electron chi connectivity index (χ3n) is 2.70. The number of para-hydroxylation sites is 1. The number of carbonyl (C=O) groups is 1. The van der Waals surface area contributed by atoms with Crippen LogP contribution in [0.15, 0.2) is 42.7 Å². The normalized spacial score (nSPS) is 10.0. The Morgan fingerprint density at radius 3 is 2.80 bits per heavy atom. The first-order valence-electron chi connectivity index (χ1n) is 5.79. The highest BCUT2D eigenvalue weighted by molar-refractivity contribution is 6.00. The maximum absolute atomic E-state index is 12.0. The number of nitrogens with zero attached hydrogens (tertiary/aromatic N) is 2. The van der Waals surface area contributed by atoms with Crippen molar-refractivity contribution in [1.82, 2.24) is 10.3 Å². The van der Waals surface area contributed by atoms with Crippen LogP contribution in [0.4, 0.5) is 11.4 Å². The number of amides is 1. The van der Waals surface area contributed by atoms with Crippen molar-refractivity contribution in [3.05, 3.63) is 64.0 Å². The van der Waals surface area contributed by atoms with Crippen LogP contribution in [-0.2, 0) is 6.54 Å². The standard InChI is InChI=1S/C13H12N4O3/c14-12-10(4-1-5-11(12)17(19)20)13(18)16-8-9-3-2-6-15-7-9/h1-7H,8,14H2,(H,16,18). The summed E-state index contributed by atoms with van der Waals surface area (Å²) in [5.41, 5.74) is 6.13. The van der Waals surface area contributed by atoms with Crippen LogP contribution in [0.1, 0.15) is 15.9 Å². The van der Waals surface area contributed by atoms with Crippen LogP contribution in [-0.4, -0.2) is 15.8 Å². The predicted octanol–water partition coefficient (Wildman–Crippen LogP) is 1.50. The smallest absolute Gasteiger partial charge is 0.292 e. The minimum atomic E-state index is -0.618. The molecular weight excluding hydrogens is 260 g/mol. The second-order valence-electron chi connectivity index (χ2n) is 4.04. The van der Waals surface area contributed by atoms with E-state index in [1.54, 1.807) is 18.5 Å². The van der Waals surface area contributed by atoms with Gasteiger partial charge in [-0.15, -0.1) is 0 Å². The Balaban J connectivity index is 2.14. The zero-order chi connectivity index (χ0) is 14.5. The maximum Gasteiger partial charge on any atom is 0.292 e. The third-order valence-corrected chi connectivity index (χ3v) is 2.70. The Bertz CT molecular complexity index is 643. The summed E-state index contributed by atoms with van der Waals surface area (Å²) in [6, 6.07) is 7.69. The second-order valence-corrected chi connectivity index (χ2v) is 4.04. The van der Waals surface area contributed by atoms with Crippen molar-refractivity contribution in [1.29, 1.82) is 0 Å². The van der Waals surface area contributed by atoms with Crippen LogP contribution in [0.2, 0.25) is 0 Å². The van der Waals surface area contributed by atoms with Crippen molar-refractivity contribution in [2.75, 3.05) is 5.73 Å². The first-order chi connectivity index (χ1) is 9.59. The van der Waals surface area contributed by atoms with E-state index in [1.165, 1.54) is 18.2 Å². The minimum absolute atomic E-state index is 0.0862. The van der Waals surface area contributed by atoms with E-state index < -0.39 is 10.8 Å². The lowest BCUT2D eigenvalue weighted by Crippen LogP contribution is -2.24. The highest BCUT2D eigenvalue weighted by atomic mass is 16.6. The molecule has 1 aromatic carbocycles. The van der Waals surface area contributed by atoms with E-state index in [2.05, 4.69) is 10.3 Å². The number of hydrogen-bond donors (Lipinski definition) is 2.